The average Bonchev–Trinajstić information content (AvgIpc) is 2.87. The van der Waals surface area contributed by atoms with E-state index in [1.807, 2.05) is 0 Å². The van der Waals surface area contributed by atoms with Crippen LogP contribution in [0.15, 0.2) is 12.1 Å². The van der Waals surface area contributed by atoms with Gasteiger partial charge in [0.2, 0.25) is 5.91 Å². The number of nitrogens with zero attached hydrogens (tertiary/aromatic N) is 1. The Morgan fingerprint density at radius 2 is 1.95 bits per heavy atom. The molecule has 4 nitrogen and oxygen atoms in total. The van der Waals surface area contributed by atoms with E-state index in [-0.39, 0.29) is 24.5 Å². The molecule has 0 aliphatic carbocycles. The fraction of sp³-hybridized carbons (Fsp3) is 0.571. The third-order valence-corrected chi connectivity index (χ3v) is 4.34. The Morgan fingerprint density at radius 1 is 1.25 bits per heavy atom. The second-order valence-electron chi connectivity index (χ2n) is 4.40. The zero-order valence-electron chi connectivity index (χ0n) is 11.9. The lowest BCUT2D eigenvalue weighted by atomic mass is 10.2. The molecule has 0 atom stereocenters. The van der Waals surface area contributed by atoms with Crippen molar-refractivity contribution in [1.82, 2.24) is 10.2 Å². The number of hydrogen-bond donors (Lipinski definition) is 1. The van der Waals surface area contributed by atoms with Gasteiger partial charge in [-0.3, -0.25) is 9.59 Å². The van der Waals surface area contributed by atoms with Crippen LogP contribution < -0.4 is 5.32 Å². The first-order valence-electron chi connectivity index (χ1n) is 6.84. The van der Waals surface area contributed by atoms with Crippen molar-refractivity contribution in [3.63, 3.8) is 0 Å². The number of hydrogen-bond acceptors (Lipinski definition) is 4. The number of amides is 1. The molecule has 20 heavy (non-hydrogen) atoms. The van der Waals surface area contributed by atoms with Crippen molar-refractivity contribution in [3.05, 3.63) is 21.3 Å². The maximum absolute atomic E-state index is 11.8. The third-order valence-electron chi connectivity index (χ3n) is 3.07. The lowest BCUT2D eigenvalue weighted by Crippen LogP contribution is -2.34. The Labute approximate surface area is 129 Å². The van der Waals surface area contributed by atoms with Crippen molar-refractivity contribution >= 4 is 34.6 Å². The Morgan fingerprint density at radius 3 is 2.50 bits per heavy atom. The summed E-state index contributed by atoms with van der Waals surface area (Å²) in [5.74, 6) is -0.103. The molecule has 1 heterocycles. The number of nitrogens with one attached hydrogen (secondary N) is 1. The van der Waals surface area contributed by atoms with Gasteiger partial charge >= 0.3 is 0 Å². The van der Waals surface area contributed by atoms with E-state index in [0.29, 0.717) is 15.8 Å². The number of likely N-dealkylation sites (N-methyl/N-ethyl adjacent to an activating group) is 1. The SMILES string of the molecule is CCN(CC)CCNC(=O)CCC(=O)c1ccc(Cl)s1. The van der Waals surface area contributed by atoms with Crippen molar-refractivity contribution < 1.29 is 9.59 Å². The van der Waals surface area contributed by atoms with Crippen LogP contribution in [-0.4, -0.2) is 42.8 Å². The van der Waals surface area contributed by atoms with Crippen molar-refractivity contribution in [2.45, 2.75) is 26.7 Å². The molecule has 0 radical (unpaired) electrons. The van der Waals surface area contributed by atoms with Gasteiger partial charge in [-0.05, 0) is 25.2 Å². The topological polar surface area (TPSA) is 49.4 Å². The van der Waals surface area contributed by atoms with E-state index in [9.17, 15) is 9.59 Å². The summed E-state index contributed by atoms with van der Waals surface area (Å²) < 4.78 is 0.594. The van der Waals surface area contributed by atoms with Gasteiger partial charge in [-0.25, -0.2) is 0 Å². The van der Waals surface area contributed by atoms with Crippen LogP contribution >= 0.6 is 22.9 Å². The summed E-state index contributed by atoms with van der Waals surface area (Å²) in [5.41, 5.74) is 0. The van der Waals surface area contributed by atoms with Crippen LogP contribution in [0.2, 0.25) is 4.34 Å². The minimum absolute atomic E-state index is 0.0270. The number of carbonyl (C=O) groups excluding carboxylic acids is 2. The molecular formula is C14H21ClN2O2S. The molecule has 0 fully saturated rings. The van der Waals surface area contributed by atoms with Crippen LogP contribution in [-0.2, 0) is 4.79 Å². The molecule has 0 saturated heterocycles. The maximum Gasteiger partial charge on any atom is 0.220 e. The Hall–Kier alpha value is -0.910. The highest BCUT2D eigenvalue weighted by molar-refractivity contribution is 7.18. The van der Waals surface area contributed by atoms with Crippen LogP contribution in [0.1, 0.15) is 36.4 Å². The summed E-state index contributed by atoms with van der Waals surface area (Å²) in [6.45, 7) is 7.60. The number of ketones is 1. The molecule has 0 unspecified atom stereocenters. The summed E-state index contributed by atoms with van der Waals surface area (Å²) in [6, 6.07) is 3.40. The van der Waals surface area contributed by atoms with E-state index < -0.39 is 0 Å². The summed E-state index contributed by atoms with van der Waals surface area (Å²) >= 11 is 7.03. The number of thiophene rings is 1. The van der Waals surface area contributed by atoms with Gasteiger partial charge in [-0.1, -0.05) is 25.4 Å². The lowest BCUT2D eigenvalue weighted by molar-refractivity contribution is -0.121. The van der Waals surface area contributed by atoms with Crippen LogP contribution in [0, 0.1) is 0 Å². The first-order valence-corrected chi connectivity index (χ1v) is 8.03. The molecule has 1 aromatic heterocycles. The molecular weight excluding hydrogens is 296 g/mol. The number of carbonyl (C=O) groups is 2. The van der Waals surface area contributed by atoms with E-state index in [1.54, 1.807) is 12.1 Å². The Balaban J connectivity index is 2.21. The van der Waals surface area contributed by atoms with Crippen molar-refractivity contribution in [2.24, 2.45) is 0 Å². The molecule has 0 bridgehead atoms. The first kappa shape index (κ1) is 17.1. The quantitative estimate of drug-likeness (QED) is 0.713. The second kappa shape index (κ2) is 9.10. The van der Waals surface area contributed by atoms with Crippen molar-refractivity contribution in [3.8, 4) is 0 Å². The summed E-state index contributed by atoms with van der Waals surface area (Å²) in [4.78, 5) is 26.3. The van der Waals surface area contributed by atoms with Gasteiger partial charge in [0.15, 0.2) is 5.78 Å². The molecule has 1 amide bonds. The molecule has 1 rings (SSSR count). The number of halogens is 1. The van der Waals surface area contributed by atoms with Crippen LogP contribution in [0.3, 0.4) is 0 Å². The molecule has 0 aliphatic rings. The molecule has 0 spiro atoms. The monoisotopic (exact) mass is 316 g/mol. The minimum Gasteiger partial charge on any atom is -0.355 e. The maximum atomic E-state index is 11.8. The van der Waals surface area contributed by atoms with Gasteiger partial charge in [0.05, 0.1) is 9.21 Å². The first-order chi connectivity index (χ1) is 9.56. The molecule has 0 saturated carbocycles. The highest BCUT2D eigenvalue weighted by atomic mass is 35.5. The van der Waals surface area contributed by atoms with E-state index in [1.165, 1.54) is 11.3 Å². The third kappa shape index (κ3) is 6.03. The van der Waals surface area contributed by atoms with Gasteiger partial charge in [-0.2, -0.15) is 0 Å². The fourth-order valence-corrected chi connectivity index (χ4v) is 2.81. The predicted octanol–water partition coefficient (Wildman–Crippen LogP) is 2.82. The smallest absolute Gasteiger partial charge is 0.220 e. The van der Waals surface area contributed by atoms with Gasteiger partial charge in [-0.15, -0.1) is 11.3 Å². The summed E-state index contributed by atoms with van der Waals surface area (Å²) in [7, 11) is 0. The zero-order valence-corrected chi connectivity index (χ0v) is 13.5. The largest absolute Gasteiger partial charge is 0.355 e. The minimum atomic E-state index is -0.0758. The highest BCUT2D eigenvalue weighted by Gasteiger charge is 2.11. The highest BCUT2D eigenvalue weighted by Crippen LogP contribution is 2.22. The van der Waals surface area contributed by atoms with E-state index in [0.717, 1.165) is 19.6 Å². The summed E-state index contributed by atoms with van der Waals surface area (Å²) in [6.07, 6.45) is 0.459. The summed E-state index contributed by atoms with van der Waals surface area (Å²) in [5, 5.41) is 2.84. The lowest BCUT2D eigenvalue weighted by Gasteiger charge is -2.17. The molecule has 1 N–H and O–H groups in total. The molecule has 0 aromatic carbocycles. The zero-order chi connectivity index (χ0) is 15.0. The number of Topliss-reactive ketones (excluding diaryl/α,β-unsaturated/α-hetero) is 1. The molecule has 1 aromatic rings. The van der Waals surface area contributed by atoms with E-state index in [4.69, 9.17) is 11.6 Å². The van der Waals surface area contributed by atoms with Crippen molar-refractivity contribution in [1.29, 1.82) is 0 Å². The molecule has 112 valence electrons. The van der Waals surface area contributed by atoms with Gasteiger partial charge in [0.1, 0.15) is 0 Å². The number of rotatable bonds is 9. The normalized spacial score (nSPS) is 10.8. The Bertz CT molecular complexity index is 444. The van der Waals surface area contributed by atoms with Crippen molar-refractivity contribution in [2.75, 3.05) is 26.2 Å². The van der Waals surface area contributed by atoms with Gasteiger partial charge < -0.3 is 10.2 Å². The second-order valence-corrected chi connectivity index (χ2v) is 6.12. The fourth-order valence-electron chi connectivity index (χ4n) is 1.80. The van der Waals surface area contributed by atoms with Crippen LogP contribution in [0.4, 0.5) is 0 Å². The average molecular weight is 317 g/mol. The standard InChI is InChI=1S/C14H21ClN2O2S/c1-3-17(4-2)10-9-16-14(19)8-5-11(18)12-6-7-13(15)20-12/h6-7H,3-5,8-10H2,1-2H3,(H,16,19). The van der Waals surface area contributed by atoms with Crippen LogP contribution in [0.25, 0.3) is 0 Å². The molecule has 6 heteroatoms. The predicted molar refractivity (Wildman–Crippen MR) is 83.7 cm³/mol. The van der Waals surface area contributed by atoms with Crippen LogP contribution in [0.5, 0.6) is 0 Å². The van der Waals surface area contributed by atoms with Gasteiger partial charge in [0.25, 0.3) is 0 Å². The van der Waals surface area contributed by atoms with E-state index in [2.05, 4.69) is 24.1 Å². The van der Waals surface area contributed by atoms with Gasteiger partial charge in [0, 0.05) is 25.9 Å². The molecule has 0 aliphatic heterocycles. The Kier molecular flexibility index (Phi) is 7.80. The van der Waals surface area contributed by atoms with E-state index >= 15 is 0 Å².